The minimum atomic E-state index is -0.257. The predicted molar refractivity (Wildman–Crippen MR) is 228 cm³/mol. The van der Waals surface area contributed by atoms with E-state index in [1.165, 1.54) is 193 Å². The van der Waals surface area contributed by atoms with Gasteiger partial charge in [0.1, 0.15) is 0 Å². The number of nitrogens with one attached hydrogen (secondary N) is 1. The highest BCUT2D eigenvalue weighted by molar-refractivity contribution is 5.67. The van der Waals surface area contributed by atoms with E-state index >= 15 is 0 Å². The van der Waals surface area contributed by atoms with Crippen LogP contribution in [0.25, 0.3) is 0 Å². The Bertz CT molecular complexity index is 707. The highest BCUT2D eigenvalue weighted by atomic mass is 16.5. The van der Waals surface area contributed by atoms with Crippen molar-refractivity contribution in [3.8, 4) is 0 Å². The van der Waals surface area contributed by atoms with Crippen LogP contribution < -0.4 is 5.32 Å². The van der Waals surface area contributed by atoms with Crippen LogP contribution >= 0.6 is 0 Å². The van der Waals surface area contributed by atoms with E-state index in [0.29, 0.717) is 19.1 Å². The number of amides is 1. The minimum absolute atomic E-state index is 0.173. The number of hydrogen-bond acceptors (Lipinski definition) is 4. The highest BCUT2D eigenvalue weighted by Gasteiger charge is 2.22. The molecule has 0 unspecified atom stereocenters. The molecule has 0 atom stereocenters. The Hall–Kier alpha value is -0.810. The maximum atomic E-state index is 12.6. The fraction of sp³-hybridized carbons (Fsp3) is 0.979. The average molecular weight is 738 g/mol. The number of hydrogen-bond donors (Lipinski definition) is 1. The molecule has 0 spiro atoms. The Kier molecular flexibility index (Phi) is 36.6. The summed E-state index contributed by atoms with van der Waals surface area (Å²) in [5.74, 6) is 0.561. The minimum Gasteiger partial charge on any atom is -0.450 e. The standard InChI is InChI=1S/C47H95NO4/c1-8-10-12-14-16-18-20-22-24-26-28-30-32-34-37-44(38-35-33-31-29-27-25-23-21-19-17-15-13-11-9-2)43-48-45(49)51-41-36-39-47(5,6)52-42-40-46(3,4)50-7/h44H,8-43H2,1-7H3,(H,48,49). The Morgan fingerprint density at radius 1 is 0.481 bits per heavy atom. The molecule has 5 nitrogen and oxygen atoms in total. The average Bonchev–Trinajstić information content (AvgIpc) is 3.12. The molecule has 0 bridgehead atoms. The second kappa shape index (κ2) is 37.1. The third-order valence-electron chi connectivity index (χ3n) is 11.4. The first-order valence-corrected chi connectivity index (χ1v) is 23.3. The Balaban J connectivity index is 4.27. The van der Waals surface area contributed by atoms with Crippen molar-refractivity contribution in [2.45, 2.75) is 265 Å². The van der Waals surface area contributed by atoms with E-state index in [9.17, 15) is 4.79 Å². The lowest BCUT2D eigenvalue weighted by Crippen LogP contribution is -2.31. The molecule has 0 aliphatic heterocycles. The van der Waals surface area contributed by atoms with Crippen molar-refractivity contribution in [3.05, 3.63) is 0 Å². The van der Waals surface area contributed by atoms with Gasteiger partial charge < -0.3 is 19.5 Å². The SMILES string of the molecule is CCCCCCCCCCCCCCCCC(CCCCCCCCCCCCCCCC)CNC(=O)OCCCC(C)(C)OCCC(C)(C)OC. The fourth-order valence-corrected chi connectivity index (χ4v) is 7.29. The van der Waals surface area contributed by atoms with Crippen molar-refractivity contribution >= 4 is 6.09 Å². The van der Waals surface area contributed by atoms with Gasteiger partial charge in [-0.1, -0.05) is 194 Å². The first-order chi connectivity index (χ1) is 25.2. The molecule has 0 fully saturated rings. The number of alkyl carbamates (subject to hydrolysis) is 1. The Labute approximate surface area is 327 Å². The zero-order valence-electron chi connectivity index (χ0n) is 36.7. The summed E-state index contributed by atoms with van der Waals surface area (Å²) in [7, 11) is 1.75. The molecular formula is C47H95NO4. The van der Waals surface area contributed by atoms with Gasteiger partial charge in [0, 0.05) is 13.7 Å². The molecule has 0 aromatic heterocycles. The summed E-state index contributed by atoms with van der Waals surface area (Å²) in [6.07, 6.45) is 43.8. The summed E-state index contributed by atoms with van der Waals surface area (Å²) in [6, 6.07) is 0. The van der Waals surface area contributed by atoms with Gasteiger partial charge in [0.05, 0.1) is 24.4 Å². The van der Waals surface area contributed by atoms with E-state index in [-0.39, 0.29) is 17.3 Å². The van der Waals surface area contributed by atoms with Crippen molar-refractivity contribution in [1.29, 1.82) is 0 Å². The van der Waals surface area contributed by atoms with Crippen molar-refractivity contribution in [3.63, 3.8) is 0 Å². The maximum Gasteiger partial charge on any atom is 0.407 e. The van der Waals surface area contributed by atoms with Crippen LogP contribution in [-0.2, 0) is 14.2 Å². The van der Waals surface area contributed by atoms with Crippen LogP contribution in [-0.4, -0.2) is 44.2 Å². The molecular weight excluding hydrogens is 643 g/mol. The summed E-state index contributed by atoms with van der Waals surface area (Å²) >= 11 is 0. The van der Waals surface area contributed by atoms with Gasteiger partial charge in [-0.2, -0.15) is 0 Å². The summed E-state index contributed by atoms with van der Waals surface area (Å²) in [6.45, 7) is 14.8. The van der Waals surface area contributed by atoms with Gasteiger partial charge in [0.15, 0.2) is 0 Å². The zero-order chi connectivity index (χ0) is 38.4. The van der Waals surface area contributed by atoms with E-state index in [1.807, 2.05) is 0 Å². The van der Waals surface area contributed by atoms with Gasteiger partial charge in [-0.05, 0) is 65.7 Å². The third kappa shape index (κ3) is 37.5. The number of carbonyl (C=O) groups is 1. The van der Waals surface area contributed by atoms with E-state index in [1.54, 1.807) is 7.11 Å². The lowest BCUT2D eigenvalue weighted by Gasteiger charge is -2.28. The smallest absolute Gasteiger partial charge is 0.407 e. The molecule has 1 N–H and O–H groups in total. The monoisotopic (exact) mass is 738 g/mol. The molecule has 0 aliphatic rings. The molecule has 0 heterocycles. The molecule has 0 aromatic rings. The van der Waals surface area contributed by atoms with Crippen molar-refractivity contribution < 1.29 is 19.0 Å². The Morgan fingerprint density at radius 2 is 0.846 bits per heavy atom. The molecule has 0 radical (unpaired) electrons. The number of carbonyl (C=O) groups excluding carboxylic acids is 1. The van der Waals surface area contributed by atoms with Gasteiger partial charge >= 0.3 is 6.09 Å². The van der Waals surface area contributed by atoms with Crippen LogP contribution in [0.15, 0.2) is 0 Å². The van der Waals surface area contributed by atoms with Gasteiger partial charge in [-0.15, -0.1) is 0 Å². The Morgan fingerprint density at radius 3 is 1.21 bits per heavy atom. The van der Waals surface area contributed by atoms with Crippen LogP contribution in [0.4, 0.5) is 4.79 Å². The molecule has 52 heavy (non-hydrogen) atoms. The zero-order valence-corrected chi connectivity index (χ0v) is 36.7. The topological polar surface area (TPSA) is 56.8 Å². The molecule has 1 amide bonds. The van der Waals surface area contributed by atoms with E-state index in [0.717, 1.165) is 25.8 Å². The summed E-state index contributed by atoms with van der Waals surface area (Å²) in [5, 5.41) is 3.13. The molecule has 0 rings (SSSR count). The highest BCUT2D eigenvalue weighted by Crippen LogP contribution is 2.22. The number of unbranched alkanes of at least 4 members (excludes halogenated alkanes) is 26. The number of methoxy groups -OCH3 is 1. The van der Waals surface area contributed by atoms with Crippen LogP contribution in [0.1, 0.15) is 253 Å². The van der Waals surface area contributed by atoms with Crippen LogP contribution in [0, 0.1) is 5.92 Å². The summed E-state index contributed by atoms with van der Waals surface area (Å²) < 4.78 is 17.2. The van der Waals surface area contributed by atoms with E-state index < -0.39 is 0 Å². The van der Waals surface area contributed by atoms with E-state index in [2.05, 4.69) is 46.9 Å². The predicted octanol–water partition coefficient (Wildman–Crippen LogP) is 15.5. The van der Waals surface area contributed by atoms with Crippen molar-refractivity contribution in [1.82, 2.24) is 5.32 Å². The largest absolute Gasteiger partial charge is 0.450 e. The van der Waals surface area contributed by atoms with Crippen LogP contribution in [0.2, 0.25) is 0 Å². The lowest BCUT2D eigenvalue weighted by atomic mass is 9.94. The van der Waals surface area contributed by atoms with Gasteiger partial charge in [0.2, 0.25) is 0 Å². The second-order valence-corrected chi connectivity index (χ2v) is 17.6. The third-order valence-corrected chi connectivity index (χ3v) is 11.4. The first-order valence-electron chi connectivity index (χ1n) is 23.3. The van der Waals surface area contributed by atoms with E-state index in [4.69, 9.17) is 14.2 Å². The van der Waals surface area contributed by atoms with Crippen molar-refractivity contribution in [2.75, 3.05) is 26.9 Å². The molecule has 0 aromatic carbocycles. The molecule has 0 saturated carbocycles. The molecule has 0 saturated heterocycles. The van der Waals surface area contributed by atoms with Gasteiger partial charge in [-0.3, -0.25) is 0 Å². The first kappa shape index (κ1) is 51.2. The molecule has 312 valence electrons. The second-order valence-electron chi connectivity index (χ2n) is 17.6. The quantitative estimate of drug-likeness (QED) is 0.0635. The normalized spacial score (nSPS) is 12.2. The fourth-order valence-electron chi connectivity index (χ4n) is 7.29. The van der Waals surface area contributed by atoms with Crippen molar-refractivity contribution in [2.24, 2.45) is 5.92 Å². The summed E-state index contributed by atoms with van der Waals surface area (Å²) in [5.41, 5.74) is -0.413. The number of ether oxygens (including phenoxy) is 3. The van der Waals surface area contributed by atoms with Gasteiger partial charge in [-0.25, -0.2) is 4.79 Å². The molecule has 5 heteroatoms. The summed E-state index contributed by atoms with van der Waals surface area (Å²) in [4.78, 5) is 12.6. The van der Waals surface area contributed by atoms with Crippen LogP contribution in [0.5, 0.6) is 0 Å². The van der Waals surface area contributed by atoms with Gasteiger partial charge in [0.25, 0.3) is 0 Å². The maximum absolute atomic E-state index is 12.6. The number of rotatable bonds is 41. The molecule has 0 aliphatic carbocycles. The van der Waals surface area contributed by atoms with Crippen LogP contribution in [0.3, 0.4) is 0 Å². The lowest BCUT2D eigenvalue weighted by molar-refractivity contribution is -0.0630.